The molecule has 0 aliphatic carbocycles. The fraction of sp³-hybridized carbons (Fsp3) is 0.750. The monoisotopic (exact) mass is 213 g/mol. The maximum atomic E-state index is 8.70. The summed E-state index contributed by atoms with van der Waals surface area (Å²) in [7, 11) is 4.12. The third-order valence-corrected chi connectivity index (χ3v) is 1.73. The Morgan fingerprint density at radius 3 is 2.33 bits per heavy atom. The summed E-state index contributed by atoms with van der Waals surface area (Å²) in [5.74, 6) is 0. The second-order valence-electron chi connectivity index (χ2n) is 3.36. The zero-order chi connectivity index (χ0) is 8.91. The highest BCUT2D eigenvalue weighted by Gasteiger charge is 2.10. The van der Waals surface area contributed by atoms with Gasteiger partial charge < -0.3 is 22.0 Å². The number of quaternary nitrogens is 1. The van der Waals surface area contributed by atoms with E-state index in [0.29, 0.717) is 0 Å². The van der Waals surface area contributed by atoms with Gasteiger partial charge in [0.15, 0.2) is 0 Å². The van der Waals surface area contributed by atoms with Crippen molar-refractivity contribution in [3.8, 4) is 0 Å². The van der Waals surface area contributed by atoms with Gasteiger partial charge >= 0.3 is 0 Å². The van der Waals surface area contributed by atoms with Crippen molar-refractivity contribution in [1.29, 1.82) is 0 Å². The van der Waals surface area contributed by atoms with Crippen LogP contribution in [0.4, 0.5) is 0 Å². The van der Waals surface area contributed by atoms with Gasteiger partial charge in [0, 0.05) is 5.03 Å². The minimum atomic E-state index is 0. The van der Waals surface area contributed by atoms with Crippen molar-refractivity contribution in [3.05, 3.63) is 11.1 Å². The normalized spacial score (nSPS) is 12.6. The Morgan fingerprint density at radius 1 is 1.50 bits per heavy atom. The van der Waals surface area contributed by atoms with Crippen LogP contribution in [0.25, 0.3) is 0 Å². The third kappa shape index (κ3) is 8.34. The molecule has 74 valence electrons. The first kappa shape index (κ1) is 14.7. The standard InChI is InChI=1S/C8H17ClNO.ClH/c1-8(9)4-5-10(2,3)6-7-11;/h4,11H,5-7H2,1-3H3;1H/q+1;/p-1. The third-order valence-electron chi connectivity index (χ3n) is 1.57. The van der Waals surface area contributed by atoms with E-state index in [0.717, 1.165) is 22.6 Å². The van der Waals surface area contributed by atoms with E-state index in [-0.39, 0.29) is 19.0 Å². The van der Waals surface area contributed by atoms with E-state index in [1.165, 1.54) is 0 Å². The van der Waals surface area contributed by atoms with Crippen molar-refractivity contribution in [1.82, 2.24) is 0 Å². The largest absolute Gasteiger partial charge is 1.00 e. The molecule has 4 heteroatoms. The van der Waals surface area contributed by atoms with Crippen molar-refractivity contribution in [2.24, 2.45) is 0 Å². The molecule has 0 atom stereocenters. The van der Waals surface area contributed by atoms with Crippen LogP contribution in [0.15, 0.2) is 11.1 Å². The van der Waals surface area contributed by atoms with E-state index in [2.05, 4.69) is 14.1 Å². The molecule has 0 unspecified atom stereocenters. The summed E-state index contributed by atoms with van der Waals surface area (Å²) in [5.41, 5.74) is 0. The molecule has 0 rings (SSSR count). The smallest absolute Gasteiger partial charge is 0.102 e. The fourth-order valence-electron chi connectivity index (χ4n) is 0.735. The molecule has 0 bridgehead atoms. The van der Waals surface area contributed by atoms with Crippen LogP contribution in [-0.2, 0) is 0 Å². The molecule has 0 fully saturated rings. The summed E-state index contributed by atoms with van der Waals surface area (Å²) < 4.78 is 0.778. The predicted molar refractivity (Wildman–Crippen MR) is 48.5 cm³/mol. The van der Waals surface area contributed by atoms with Crippen LogP contribution in [0.1, 0.15) is 6.92 Å². The molecular weight excluding hydrogens is 197 g/mol. The Balaban J connectivity index is 0. The van der Waals surface area contributed by atoms with Gasteiger partial charge in [-0.25, -0.2) is 0 Å². The first-order valence-electron chi connectivity index (χ1n) is 3.73. The summed E-state index contributed by atoms with van der Waals surface area (Å²) in [5, 5.41) is 9.51. The molecule has 0 heterocycles. The van der Waals surface area contributed by atoms with E-state index in [4.69, 9.17) is 16.7 Å². The number of aliphatic hydroxyl groups is 1. The van der Waals surface area contributed by atoms with E-state index in [1.807, 2.05) is 13.0 Å². The highest BCUT2D eigenvalue weighted by atomic mass is 35.5. The molecule has 0 radical (unpaired) electrons. The van der Waals surface area contributed by atoms with E-state index in [1.54, 1.807) is 0 Å². The van der Waals surface area contributed by atoms with Gasteiger partial charge in [-0.15, -0.1) is 0 Å². The highest BCUT2D eigenvalue weighted by Crippen LogP contribution is 2.02. The maximum absolute atomic E-state index is 8.70. The predicted octanol–water partition coefficient (Wildman–Crippen LogP) is -1.80. The van der Waals surface area contributed by atoms with Gasteiger partial charge in [-0.2, -0.15) is 0 Å². The number of likely N-dealkylation sites (N-methyl/N-ethyl adjacent to an activating group) is 1. The van der Waals surface area contributed by atoms with Crippen LogP contribution in [0, 0.1) is 0 Å². The second kappa shape index (κ2) is 6.72. The lowest BCUT2D eigenvalue weighted by molar-refractivity contribution is -0.884. The van der Waals surface area contributed by atoms with Crippen molar-refractivity contribution in [2.75, 3.05) is 33.8 Å². The van der Waals surface area contributed by atoms with Gasteiger partial charge in [0.05, 0.1) is 27.2 Å². The number of hydrogen-bond donors (Lipinski definition) is 1. The van der Waals surface area contributed by atoms with E-state index >= 15 is 0 Å². The fourth-order valence-corrected chi connectivity index (χ4v) is 0.804. The maximum Gasteiger partial charge on any atom is 0.102 e. The summed E-state index contributed by atoms with van der Waals surface area (Å²) in [4.78, 5) is 0. The zero-order valence-corrected chi connectivity index (χ0v) is 9.36. The number of rotatable bonds is 4. The Hall–Kier alpha value is 0.240. The van der Waals surface area contributed by atoms with Crippen LogP contribution in [-0.4, -0.2) is 43.4 Å². The van der Waals surface area contributed by atoms with Crippen molar-refractivity contribution in [3.63, 3.8) is 0 Å². The number of halogens is 2. The SMILES string of the molecule is CC(Cl)=CC[N+](C)(C)CCO.[Cl-]. The van der Waals surface area contributed by atoms with E-state index in [9.17, 15) is 0 Å². The minimum absolute atomic E-state index is 0. The molecule has 0 spiro atoms. The number of aliphatic hydroxyl groups excluding tert-OH is 1. The molecule has 0 aliphatic rings. The van der Waals surface area contributed by atoms with Gasteiger partial charge in [-0.05, 0) is 13.0 Å². The molecule has 2 nitrogen and oxygen atoms in total. The lowest BCUT2D eigenvalue weighted by atomic mass is 10.4. The summed E-state index contributed by atoms with van der Waals surface area (Å²) in [6, 6.07) is 0. The average molecular weight is 214 g/mol. The molecule has 0 aromatic heterocycles. The molecule has 1 N–H and O–H groups in total. The van der Waals surface area contributed by atoms with Gasteiger partial charge in [0.1, 0.15) is 6.54 Å². The zero-order valence-electron chi connectivity index (χ0n) is 7.85. The first-order valence-corrected chi connectivity index (χ1v) is 4.11. The van der Waals surface area contributed by atoms with Gasteiger partial charge in [0.2, 0.25) is 0 Å². The van der Waals surface area contributed by atoms with Crippen LogP contribution in [0.5, 0.6) is 0 Å². The van der Waals surface area contributed by atoms with Crippen molar-refractivity contribution in [2.45, 2.75) is 6.92 Å². The van der Waals surface area contributed by atoms with Crippen LogP contribution in [0.2, 0.25) is 0 Å². The molecular formula is C8H17Cl2NO. The molecule has 0 saturated carbocycles. The minimum Gasteiger partial charge on any atom is -1.00 e. The van der Waals surface area contributed by atoms with E-state index < -0.39 is 0 Å². The highest BCUT2D eigenvalue weighted by molar-refractivity contribution is 6.29. The Morgan fingerprint density at radius 2 is 2.00 bits per heavy atom. The first-order chi connectivity index (χ1) is 4.98. The van der Waals surface area contributed by atoms with Crippen LogP contribution < -0.4 is 12.4 Å². The topological polar surface area (TPSA) is 20.2 Å². The molecule has 0 aromatic rings. The molecule has 0 amide bonds. The lowest BCUT2D eigenvalue weighted by Gasteiger charge is -2.27. The quantitative estimate of drug-likeness (QED) is 0.547. The van der Waals surface area contributed by atoms with Crippen LogP contribution in [0.3, 0.4) is 0 Å². The summed E-state index contributed by atoms with van der Waals surface area (Å²) in [6.07, 6.45) is 1.97. The Bertz CT molecular complexity index is 142. The lowest BCUT2D eigenvalue weighted by Crippen LogP contribution is -3.00. The molecule has 0 saturated heterocycles. The Labute approximate surface area is 85.8 Å². The van der Waals surface area contributed by atoms with Crippen LogP contribution >= 0.6 is 11.6 Å². The number of hydrogen-bond acceptors (Lipinski definition) is 1. The van der Waals surface area contributed by atoms with Gasteiger partial charge in [-0.3, -0.25) is 0 Å². The Kier molecular flexibility index (Phi) is 8.26. The summed E-state index contributed by atoms with van der Waals surface area (Å²) >= 11 is 5.67. The molecule has 0 aliphatic heterocycles. The summed E-state index contributed by atoms with van der Waals surface area (Å²) in [6.45, 7) is 3.72. The van der Waals surface area contributed by atoms with Gasteiger partial charge in [-0.1, -0.05) is 11.6 Å². The van der Waals surface area contributed by atoms with Gasteiger partial charge in [0.25, 0.3) is 0 Å². The average Bonchev–Trinajstić information content (AvgIpc) is 1.84. The van der Waals surface area contributed by atoms with Crippen molar-refractivity contribution >= 4 is 11.6 Å². The number of allylic oxidation sites excluding steroid dienone is 1. The second-order valence-corrected chi connectivity index (χ2v) is 3.95. The number of nitrogens with zero attached hydrogens (tertiary/aromatic N) is 1. The molecule has 12 heavy (non-hydrogen) atoms. The van der Waals surface area contributed by atoms with Crippen molar-refractivity contribution < 1.29 is 22.0 Å². The molecule has 0 aromatic carbocycles.